The van der Waals surface area contributed by atoms with Crippen LogP contribution in [0.15, 0.2) is 12.3 Å². The molecule has 1 aromatic rings. The van der Waals surface area contributed by atoms with Gasteiger partial charge in [0, 0.05) is 18.9 Å². The van der Waals surface area contributed by atoms with E-state index in [-0.39, 0.29) is 0 Å². The zero-order valence-corrected chi connectivity index (χ0v) is 11.7. The van der Waals surface area contributed by atoms with E-state index in [0.717, 1.165) is 31.3 Å². The molecule has 1 N–H and O–H groups in total. The number of aromatic nitrogens is 2. The van der Waals surface area contributed by atoms with Crippen LogP contribution in [0.1, 0.15) is 39.3 Å². The Morgan fingerprint density at radius 3 is 2.71 bits per heavy atom. The summed E-state index contributed by atoms with van der Waals surface area (Å²) in [5.74, 6) is 1.50. The normalized spacial score (nSPS) is 14.8. The summed E-state index contributed by atoms with van der Waals surface area (Å²) in [6.45, 7) is 9.19. The van der Waals surface area contributed by atoms with Crippen molar-refractivity contribution < 1.29 is 0 Å². The van der Waals surface area contributed by atoms with Crippen LogP contribution in [0.5, 0.6) is 0 Å². The fourth-order valence-electron chi connectivity index (χ4n) is 2.01. The first-order valence-corrected chi connectivity index (χ1v) is 6.82. The summed E-state index contributed by atoms with van der Waals surface area (Å²) in [5.41, 5.74) is 1.34. The van der Waals surface area contributed by atoms with Crippen molar-refractivity contribution in [3.63, 3.8) is 0 Å². The first kappa shape index (κ1) is 14.2. The van der Waals surface area contributed by atoms with Crippen LogP contribution in [-0.2, 0) is 13.5 Å². The van der Waals surface area contributed by atoms with Crippen molar-refractivity contribution in [3.05, 3.63) is 18.0 Å². The minimum atomic E-state index is 0.745. The zero-order valence-electron chi connectivity index (χ0n) is 11.7. The third-order valence-corrected chi connectivity index (χ3v) is 3.64. The summed E-state index contributed by atoms with van der Waals surface area (Å²) >= 11 is 0. The monoisotopic (exact) mass is 237 g/mol. The number of hydrogen-bond acceptors (Lipinski definition) is 2. The third kappa shape index (κ3) is 4.90. The highest BCUT2D eigenvalue weighted by Crippen LogP contribution is 2.17. The van der Waals surface area contributed by atoms with Gasteiger partial charge >= 0.3 is 0 Å². The van der Waals surface area contributed by atoms with Gasteiger partial charge in [-0.15, -0.1) is 0 Å². The fraction of sp³-hybridized carbons (Fsp3) is 0.786. The molecule has 0 fully saturated rings. The molecule has 0 bridgehead atoms. The second kappa shape index (κ2) is 7.49. The molecule has 0 saturated carbocycles. The van der Waals surface area contributed by atoms with Crippen molar-refractivity contribution in [3.8, 4) is 0 Å². The number of aryl methyl sites for hydroxylation is 2. The van der Waals surface area contributed by atoms with Gasteiger partial charge in [-0.25, -0.2) is 0 Å². The van der Waals surface area contributed by atoms with Gasteiger partial charge in [0.05, 0.1) is 0 Å². The predicted octanol–water partition coefficient (Wildman–Crippen LogP) is 2.62. The zero-order chi connectivity index (χ0) is 12.7. The molecule has 2 atom stereocenters. The van der Waals surface area contributed by atoms with Gasteiger partial charge in [-0.2, -0.15) is 5.10 Å². The average molecular weight is 237 g/mol. The molecule has 0 spiro atoms. The molecule has 17 heavy (non-hydrogen) atoms. The SMILES string of the molecule is CCCNCC(C)C(C)CCc1ccnn1C. The Labute approximate surface area is 106 Å². The maximum absolute atomic E-state index is 4.20. The van der Waals surface area contributed by atoms with Crippen molar-refractivity contribution in [1.29, 1.82) is 0 Å². The molecule has 0 aliphatic carbocycles. The average Bonchev–Trinajstić information content (AvgIpc) is 2.72. The summed E-state index contributed by atoms with van der Waals surface area (Å²) in [5, 5.41) is 7.71. The molecular formula is C14H27N3. The van der Waals surface area contributed by atoms with E-state index >= 15 is 0 Å². The molecule has 1 rings (SSSR count). The Bertz CT molecular complexity index is 306. The molecule has 0 aromatic carbocycles. The van der Waals surface area contributed by atoms with Gasteiger partial charge < -0.3 is 5.32 Å². The molecule has 0 radical (unpaired) electrons. The lowest BCUT2D eigenvalue weighted by atomic mass is 9.91. The lowest BCUT2D eigenvalue weighted by Gasteiger charge is -2.20. The highest BCUT2D eigenvalue weighted by atomic mass is 15.2. The van der Waals surface area contributed by atoms with E-state index in [9.17, 15) is 0 Å². The smallest absolute Gasteiger partial charge is 0.0492 e. The van der Waals surface area contributed by atoms with Crippen LogP contribution in [0.2, 0.25) is 0 Å². The summed E-state index contributed by atoms with van der Waals surface area (Å²) in [7, 11) is 2.02. The van der Waals surface area contributed by atoms with Crippen LogP contribution in [0, 0.1) is 11.8 Å². The van der Waals surface area contributed by atoms with Crippen molar-refractivity contribution in [2.75, 3.05) is 13.1 Å². The van der Waals surface area contributed by atoms with Gasteiger partial charge in [0.1, 0.15) is 0 Å². The molecule has 3 nitrogen and oxygen atoms in total. The van der Waals surface area contributed by atoms with Crippen molar-refractivity contribution in [2.24, 2.45) is 18.9 Å². The molecular weight excluding hydrogens is 210 g/mol. The number of hydrogen-bond donors (Lipinski definition) is 1. The highest BCUT2D eigenvalue weighted by Gasteiger charge is 2.12. The van der Waals surface area contributed by atoms with E-state index < -0.39 is 0 Å². The van der Waals surface area contributed by atoms with Crippen molar-refractivity contribution in [2.45, 2.75) is 40.0 Å². The maximum atomic E-state index is 4.20. The van der Waals surface area contributed by atoms with Crippen LogP contribution in [0.4, 0.5) is 0 Å². The van der Waals surface area contributed by atoms with E-state index in [0.29, 0.717) is 0 Å². The first-order chi connectivity index (χ1) is 8.15. The fourth-order valence-corrected chi connectivity index (χ4v) is 2.01. The summed E-state index contributed by atoms with van der Waals surface area (Å²) in [6.07, 6.45) is 5.48. The number of rotatable bonds is 8. The Balaban J connectivity index is 2.24. The summed E-state index contributed by atoms with van der Waals surface area (Å²) in [6, 6.07) is 2.12. The van der Waals surface area contributed by atoms with Crippen LogP contribution < -0.4 is 5.32 Å². The number of nitrogens with one attached hydrogen (secondary N) is 1. The van der Waals surface area contributed by atoms with Crippen LogP contribution >= 0.6 is 0 Å². The topological polar surface area (TPSA) is 29.9 Å². The Morgan fingerprint density at radius 1 is 1.35 bits per heavy atom. The van der Waals surface area contributed by atoms with Gasteiger partial charge in [0.15, 0.2) is 0 Å². The minimum Gasteiger partial charge on any atom is -0.316 e. The second-order valence-electron chi connectivity index (χ2n) is 5.14. The van der Waals surface area contributed by atoms with Crippen LogP contribution in [0.3, 0.4) is 0 Å². The molecule has 0 amide bonds. The molecule has 2 unspecified atom stereocenters. The molecule has 0 saturated heterocycles. The quantitative estimate of drug-likeness (QED) is 0.704. The predicted molar refractivity (Wildman–Crippen MR) is 73.0 cm³/mol. The second-order valence-corrected chi connectivity index (χ2v) is 5.14. The first-order valence-electron chi connectivity index (χ1n) is 6.82. The van der Waals surface area contributed by atoms with E-state index in [1.807, 2.05) is 17.9 Å². The molecule has 3 heteroatoms. The molecule has 0 aliphatic heterocycles. The van der Waals surface area contributed by atoms with E-state index in [1.54, 1.807) is 0 Å². The molecule has 1 aromatic heterocycles. The van der Waals surface area contributed by atoms with Crippen molar-refractivity contribution in [1.82, 2.24) is 15.1 Å². The summed E-state index contributed by atoms with van der Waals surface area (Å²) < 4.78 is 1.98. The molecule has 98 valence electrons. The van der Waals surface area contributed by atoms with Gasteiger partial charge in [-0.05, 0) is 50.3 Å². The van der Waals surface area contributed by atoms with E-state index in [2.05, 4.69) is 37.3 Å². The van der Waals surface area contributed by atoms with Gasteiger partial charge in [0.25, 0.3) is 0 Å². The standard InChI is InChI=1S/C14H27N3/c1-5-9-15-11-13(3)12(2)6-7-14-8-10-16-17(14)4/h8,10,12-13,15H,5-7,9,11H2,1-4H3. The largest absolute Gasteiger partial charge is 0.316 e. The lowest BCUT2D eigenvalue weighted by Crippen LogP contribution is -2.26. The van der Waals surface area contributed by atoms with Gasteiger partial charge in [0.2, 0.25) is 0 Å². The van der Waals surface area contributed by atoms with Crippen molar-refractivity contribution >= 4 is 0 Å². The van der Waals surface area contributed by atoms with Gasteiger partial charge in [-0.3, -0.25) is 4.68 Å². The summed E-state index contributed by atoms with van der Waals surface area (Å²) in [4.78, 5) is 0. The maximum Gasteiger partial charge on any atom is 0.0492 e. The third-order valence-electron chi connectivity index (χ3n) is 3.64. The lowest BCUT2D eigenvalue weighted by molar-refractivity contribution is 0.345. The number of nitrogens with zero attached hydrogens (tertiary/aromatic N) is 2. The van der Waals surface area contributed by atoms with Crippen LogP contribution in [-0.4, -0.2) is 22.9 Å². The molecule has 0 aliphatic rings. The Morgan fingerprint density at radius 2 is 2.12 bits per heavy atom. The van der Waals surface area contributed by atoms with E-state index in [4.69, 9.17) is 0 Å². The van der Waals surface area contributed by atoms with E-state index in [1.165, 1.54) is 18.5 Å². The Hall–Kier alpha value is -0.830. The highest BCUT2D eigenvalue weighted by molar-refractivity contribution is 5.00. The van der Waals surface area contributed by atoms with Crippen LogP contribution in [0.25, 0.3) is 0 Å². The minimum absolute atomic E-state index is 0.745. The Kier molecular flexibility index (Phi) is 6.27. The van der Waals surface area contributed by atoms with Gasteiger partial charge in [-0.1, -0.05) is 20.8 Å². The molecule has 1 heterocycles.